The molecular weight excluding hydrogens is 172 g/mol. The highest BCUT2D eigenvalue weighted by Gasteiger charge is 2.36. The summed E-state index contributed by atoms with van der Waals surface area (Å²) in [5, 5.41) is 4.55. The molecule has 14 heavy (non-hydrogen) atoms. The van der Waals surface area contributed by atoms with Gasteiger partial charge in [0.15, 0.2) is 0 Å². The minimum atomic E-state index is 0.663. The van der Waals surface area contributed by atoms with Crippen molar-refractivity contribution in [3.05, 3.63) is 35.4 Å². The number of hydrogen-bond donors (Lipinski definition) is 0. The average molecular weight is 190 g/mol. The third kappa shape index (κ3) is 1.97. The molecule has 1 fully saturated rings. The van der Waals surface area contributed by atoms with Crippen molar-refractivity contribution in [2.75, 3.05) is 14.1 Å². The molecule has 1 saturated heterocycles. The van der Waals surface area contributed by atoms with Crippen LogP contribution < -0.4 is 0 Å². The van der Waals surface area contributed by atoms with Crippen LogP contribution in [-0.2, 0) is 6.42 Å². The summed E-state index contributed by atoms with van der Waals surface area (Å²) < 4.78 is 0. The largest absolute Gasteiger partial charge is 0.225 e. The fraction of sp³-hybridized carbons (Fsp3) is 0.500. The second-order valence-electron chi connectivity index (χ2n) is 4.16. The molecule has 0 saturated carbocycles. The summed E-state index contributed by atoms with van der Waals surface area (Å²) in [5.41, 5.74) is 2.82. The first kappa shape index (κ1) is 9.69. The first-order chi connectivity index (χ1) is 6.68. The number of benzene rings is 1. The van der Waals surface area contributed by atoms with Gasteiger partial charge in [-0.3, -0.25) is 0 Å². The molecule has 0 bridgehead atoms. The Kier molecular flexibility index (Phi) is 2.57. The molecule has 2 atom stereocenters. The van der Waals surface area contributed by atoms with Gasteiger partial charge >= 0.3 is 0 Å². The molecular formula is C12H18N2. The lowest BCUT2D eigenvalue weighted by molar-refractivity contribution is 0.412. The van der Waals surface area contributed by atoms with Crippen LogP contribution in [-0.4, -0.2) is 30.3 Å². The lowest BCUT2D eigenvalue weighted by atomic mass is 10.1. The van der Waals surface area contributed by atoms with Crippen LogP contribution in [0.25, 0.3) is 0 Å². The molecule has 0 aliphatic carbocycles. The van der Waals surface area contributed by atoms with E-state index in [0.29, 0.717) is 6.17 Å². The van der Waals surface area contributed by atoms with Gasteiger partial charge in [-0.1, -0.05) is 29.8 Å². The first-order valence-corrected chi connectivity index (χ1v) is 5.19. The normalized spacial score (nSPS) is 30.4. The van der Waals surface area contributed by atoms with Gasteiger partial charge in [0, 0.05) is 14.1 Å². The Morgan fingerprint density at radius 2 is 1.93 bits per heavy atom. The van der Waals surface area contributed by atoms with E-state index in [9.17, 15) is 0 Å². The average Bonchev–Trinajstić information content (AvgIpc) is 2.72. The summed E-state index contributed by atoms with van der Waals surface area (Å²) in [6, 6.07) is 8.79. The fourth-order valence-electron chi connectivity index (χ4n) is 1.97. The topological polar surface area (TPSA) is 6.02 Å². The quantitative estimate of drug-likeness (QED) is 0.673. The van der Waals surface area contributed by atoms with Crippen LogP contribution in [0.4, 0.5) is 0 Å². The van der Waals surface area contributed by atoms with E-state index in [1.807, 2.05) is 0 Å². The Labute approximate surface area is 86.1 Å². The number of hydrazine groups is 1. The molecule has 1 aliphatic rings. The van der Waals surface area contributed by atoms with Crippen LogP contribution in [0.5, 0.6) is 0 Å². The highest BCUT2D eigenvalue weighted by Crippen LogP contribution is 2.25. The number of rotatable bonds is 3. The van der Waals surface area contributed by atoms with Crippen LogP contribution in [0.1, 0.15) is 17.5 Å². The van der Waals surface area contributed by atoms with Gasteiger partial charge in [0.25, 0.3) is 0 Å². The van der Waals surface area contributed by atoms with Crippen molar-refractivity contribution in [2.45, 2.75) is 25.9 Å². The van der Waals surface area contributed by atoms with Gasteiger partial charge in [0.2, 0.25) is 0 Å². The minimum absolute atomic E-state index is 0.663. The Balaban J connectivity index is 1.87. The summed E-state index contributed by atoms with van der Waals surface area (Å²) in [5.74, 6) is 0. The van der Waals surface area contributed by atoms with Crippen molar-refractivity contribution in [3.8, 4) is 0 Å². The molecule has 1 aliphatic heterocycles. The van der Waals surface area contributed by atoms with E-state index in [1.165, 1.54) is 24.0 Å². The molecule has 2 unspecified atom stereocenters. The van der Waals surface area contributed by atoms with Crippen LogP contribution in [0.15, 0.2) is 24.3 Å². The Hall–Kier alpha value is -0.860. The second-order valence-corrected chi connectivity index (χ2v) is 4.16. The molecule has 1 aromatic rings. The lowest BCUT2D eigenvalue weighted by Gasteiger charge is -2.00. The van der Waals surface area contributed by atoms with E-state index in [0.717, 1.165) is 0 Å². The number of hydrogen-bond acceptors (Lipinski definition) is 2. The van der Waals surface area contributed by atoms with E-state index in [-0.39, 0.29) is 0 Å². The van der Waals surface area contributed by atoms with E-state index in [4.69, 9.17) is 0 Å². The Morgan fingerprint density at radius 1 is 1.21 bits per heavy atom. The van der Waals surface area contributed by atoms with Gasteiger partial charge in [0.1, 0.15) is 0 Å². The number of nitrogens with zero attached hydrogens (tertiary/aromatic N) is 2. The van der Waals surface area contributed by atoms with Crippen molar-refractivity contribution >= 4 is 0 Å². The molecule has 0 amide bonds. The van der Waals surface area contributed by atoms with E-state index >= 15 is 0 Å². The maximum atomic E-state index is 2.28. The highest BCUT2D eigenvalue weighted by molar-refractivity contribution is 5.22. The first-order valence-electron chi connectivity index (χ1n) is 5.19. The van der Waals surface area contributed by atoms with E-state index in [1.54, 1.807) is 0 Å². The van der Waals surface area contributed by atoms with Crippen molar-refractivity contribution in [3.63, 3.8) is 0 Å². The third-order valence-electron chi connectivity index (χ3n) is 3.08. The lowest BCUT2D eigenvalue weighted by Crippen LogP contribution is -1.97. The maximum Gasteiger partial charge on any atom is 0.0891 e. The van der Waals surface area contributed by atoms with Gasteiger partial charge in [-0.25, -0.2) is 10.0 Å². The van der Waals surface area contributed by atoms with Crippen molar-refractivity contribution < 1.29 is 0 Å². The summed E-state index contributed by atoms with van der Waals surface area (Å²) >= 11 is 0. The van der Waals surface area contributed by atoms with Crippen molar-refractivity contribution in [2.24, 2.45) is 0 Å². The van der Waals surface area contributed by atoms with Gasteiger partial charge in [0.05, 0.1) is 6.17 Å². The zero-order chi connectivity index (χ0) is 10.1. The molecule has 0 radical (unpaired) electrons. The molecule has 2 rings (SSSR count). The van der Waals surface area contributed by atoms with Gasteiger partial charge in [-0.2, -0.15) is 0 Å². The van der Waals surface area contributed by atoms with Crippen LogP contribution in [0.3, 0.4) is 0 Å². The fourth-order valence-corrected chi connectivity index (χ4v) is 1.97. The van der Waals surface area contributed by atoms with Crippen LogP contribution in [0.2, 0.25) is 0 Å². The van der Waals surface area contributed by atoms with Crippen LogP contribution >= 0.6 is 0 Å². The van der Waals surface area contributed by atoms with Crippen molar-refractivity contribution in [1.29, 1.82) is 0 Å². The molecule has 1 heterocycles. The third-order valence-corrected chi connectivity index (χ3v) is 3.08. The van der Waals surface area contributed by atoms with Gasteiger partial charge in [-0.05, 0) is 25.3 Å². The smallest absolute Gasteiger partial charge is 0.0891 e. The Morgan fingerprint density at radius 3 is 2.50 bits per heavy atom. The monoisotopic (exact) mass is 190 g/mol. The molecule has 76 valence electrons. The Bertz CT molecular complexity index is 314. The van der Waals surface area contributed by atoms with E-state index in [2.05, 4.69) is 55.3 Å². The summed E-state index contributed by atoms with van der Waals surface area (Å²) in [6.45, 7) is 2.15. The summed E-state index contributed by atoms with van der Waals surface area (Å²) in [6.07, 6.45) is 3.08. The molecule has 1 aromatic carbocycles. The SMILES string of the molecule is Cc1cccc(CCC2N(C)N2C)c1. The summed E-state index contributed by atoms with van der Waals surface area (Å²) in [4.78, 5) is 0. The maximum absolute atomic E-state index is 2.28. The molecule has 0 aromatic heterocycles. The highest BCUT2D eigenvalue weighted by atomic mass is 15.8. The predicted molar refractivity (Wildman–Crippen MR) is 58.8 cm³/mol. The zero-order valence-corrected chi connectivity index (χ0v) is 9.20. The molecule has 0 spiro atoms. The molecule has 2 heteroatoms. The summed E-state index contributed by atoms with van der Waals surface area (Å²) in [7, 11) is 4.28. The minimum Gasteiger partial charge on any atom is -0.225 e. The predicted octanol–water partition coefficient (Wildman–Crippen LogP) is 2.05. The van der Waals surface area contributed by atoms with E-state index < -0.39 is 0 Å². The van der Waals surface area contributed by atoms with Gasteiger partial charge < -0.3 is 0 Å². The molecule has 2 nitrogen and oxygen atoms in total. The number of aryl methyl sites for hydroxylation is 2. The second kappa shape index (κ2) is 3.71. The van der Waals surface area contributed by atoms with Crippen molar-refractivity contribution in [1.82, 2.24) is 10.0 Å². The standard InChI is InChI=1S/C12H18N2/c1-10-5-4-6-11(9-10)7-8-12-13(2)14(12)3/h4-6,9,12H,7-8H2,1-3H3. The van der Waals surface area contributed by atoms with Crippen LogP contribution in [0, 0.1) is 6.92 Å². The molecule has 0 N–H and O–H groups in total. The van der Waals surface area contributed by atoms with Gasteiger partial charge in [-0.15, -0.1) is 0 Å². The zero-order valence-electron chi connectivity index (χ0n) is 9.20.